The number of benzene rings is 1. The summed E-state index contributed by atoms with van der Waals surface area (Å²) >= 11 is 4.95. The summed E-state index contributed by atoms with van der Waals surface area (Å²) in [7, 11) is 1.79. The number of anilines is 1. The van der Waals surface area contributed by atoms with Crippen molar-refractivity contribution in [1.29, 1.82) is 0 Å². The van der Waals surface area contributed by atoms with E-state index in [1.807, 2.05) is 24.3 Å². The zero-order valence-electron chi connectivity index (χ0n) is 10.5. The second kappa shape index (κ2) is 5.72. The minimum absolute atomic E-state index is 0.578. The van der Waals surface area contributed by atoms with Gasteiger partial charge in [0.25, 0.3) is 0 Å². The Morgan fingerprint density at radius 2 is 1.95 bits per heavy atom. The number of hydrogen-bond donors (Lipinski definition) is 1. The molecule has 0 fully saturated rings. The number of para-hydroxylation sites is 1. The van der Waals surface area contributed by atoms with E-state index in [9.17, 15) is 0 Å². The van der Waals surface area contributed by atoms with Crippen LogP contribution in [0.2, 0.25) is 0 Å². The van der Waals surface area contributed by atoms with E-state index in [1.54, 1.807) is 19.6 Å². The van der Waals surface area contributed by atoms with Gasteiger partial charge in [0.1, 0.15) is 16.4 Å². The second-order valence-electron chi connectivity index (χ2n) is 3.89. The number of halogens is 1. The number of nitrogens with one attached hydrogen (secondary N) is 1. The van der Waals surface area contributed by atoms with Gasteiger partial charge in [0, 0.05) is 18.6 Å². The first-order valence-corrected chi connectivity index (χ1v) is 7.47. The predicted molar refractivity (Wildman–Crippen MR) is 82.9 cm³/mol. The van der Waals surface area contributed by atoms with Crippen molar-refractivity contribution in [3.8, 4) is 0 Å². The summed E-state index contributed by atoms with van der Waals surface area (Å²) in [5, 5.41) is 5.62. The molecule has 0 radical (unpaired) electrons. The number of fused-ring (bicyclic) bond motifs is 1. The fourth-order valence-corrected chi connectivity index (χ4v) is 2.98. The van der Waals surface area contributed by atoms with Gasteiger partial charge >= 0.3 is 0 Å². The van der Waals surface area contributed by atoms with Crippen LogP contribution in [-0.2, 0) is 0 Å². The van der Waals surface area contributed by atoms with Crippen LogP contribution < -0.4 is 5.32 Å². The molecule has 1 aromatic carbocycles. The SMILES string of the molecule is CNc1ncc(Br)c(Sc2ncnc3ccccc23)n1. The third kappa shape index (κ3) is 2.59. The minimum atomic E-state index is 0.578. The highest BCUT2D eigenvalue weighted by molar-refractivity contribution is 9.10. The van der Waals surface area contributed by atoms with Crippen LogP contribution in [0.25, 0.3) is 10.9 Å². The average molecular weight is 348 g/mol. The van der Waals surface area contributed by atoms with E-state index in [1.165, 1.54) is 11.8 Å². The fraction of sp³-hybridized carbons (Fsp3) is 0.0769. The van der Waals surface area contributed by atoms with Crippen molar-refractivity contribution in [2.75, 3.05) is 12.4 Å². The van der Waals surface area contributed by atoms with E-state index in [-0.39, 0.29) is 0 Å². The smallest absolute Gasteiger partial charge is 0.223 e. The highest BCUT2D eigenvalue weighted by Crippen LogP contribution is 2.34. The largest absolute Gasteiger partial charge is 0.357 e. The van der Waals surface area contributed by atoms with E-state index in [2.05, 4.69) is 41.2 Å². The topological polar surface area (TPSA) is 63.6 Å². The molecule has 0 aliphatic carbocycles. The molecule has 0 spiro atoms. The van der Waals surface area contributed by atoms with Crippen LogP contribution in [0, 0.1) is 0 Å². The van der Waals surface area contributed by atoms with Crippen LogP contribution in [0.15, 0.2) is 51.3 Å². The molecule has 20 heavy (non-hydrogen) atoms. The molecule has 0 saturated carbocycles. The van der Waals surface area contributed by atoms with Gasteiger partial charge in [-0.15, -0.1) is 0 Å². The van der Waals surface area contributed by atoms with E-state index >= 15 is 0 Å². The summed E-state index contributed by atoms with van der Waals surface area (Å²) in [6.07, 6.45) is 3.29. The lowest BCUT2D eigenvalue weighted by atomic mass is 10.2. The number of rotatable bonds is 3. The first-order chi connectivity index (χ1) is 9.78. The molecule has 0 atom stereocenters. The van der Waals surface area contributed by atoms with Gasteiger partial charge in [-0.1, -0.05) is 18.2 Å². The lowest BCUT2D eigenvalue weighted by Crippen LogP contribution is -1.97. The van der Waals surface area contributed by atoms with Crippen LogP contribution in [0.1, 0.15) is 0 Å². The van der Waals surface area contributed by atoms with E-state index < -0.39 is 0 Å². The lowest BCUT2D eigenvalue weighted by Gasteiger charge is -2.06. The third-order valence-corrected chi connectivity index (χ3v) is 4.50. The van der Waals surface area contributed by atoms with Gasteiger partial charge in [0.15, 0.2) is 0 Å². The fourth-order valence-electron chi connectivity index (χ4n) is 1.70. The Labute approximate surface area is 128 Å². The summed E-state index contributed by atoms with van der Waals surface area (Å²) in [5.41, 5.74) is 0.920. The molecular formula is C13H10BrN5S. The van der Waals surface area contributed by atoms with E-state index in [4.69, 9.17) is 0 Å². The zero-order valence-corrected chi connectivity index (χ0v) is 12.9. The third-order valence-electron chi connectivity index (χ3n) is 2.64. The quantitative estimate of drug-likeness (QED) is 0.732. The molecule has 5 nitrogen and oxygen atoms in total. The van der Waals surface area contributed by atoms with Gasteiger partial charge in [0.2, 0.25) is 5.95 Å². The van der Waals surface area contributed by atoms with Gasteiger partial charge < -0.3 is 5.32 Å². The predicted octanol–water partition coefficient (Wildman–Crippen LogP) is 3.38. The summed E-state index contributed by atoms with van der Waals surface area (Å²) in [4.78, 5) is 17.2. The van der Waals surface area contributed by atoms with Crippen molar-refractivity contribution in [3.05, 3.63) is 41.3 Å². The Kier molecular flexibility index (Phi) is 3.79. The molecule has 1 N–H and O–H groups in total. The molecule has 3 aromatic rings. The van der Waals surface area contributed by atoms with Crippen molar-refractivity contribution in [2.24, 2.45) is 0 Å². The molecule has 0 unspecified atom stereocenters. The molecule has 2 heterocycles. The maximum absolute atomic E-state index is 4.43. The Balaban J connectivity index is 2.05. The first kappa shape index (κ1) is 13.3. The molecule has 3 rings (SSSR count). The highest BCUT2D eigenvalue weighted by atomic mass is 79.9. The monoisotopic (exact) mass is 347 g/mol. The molecule has 0 amide bonds. The summed E-state index contributed by atoms with van der Waals surface area (Å²) in [5.74, 6) is 0.578. The normalized spacial score (nSPS) is 10.7. The summed E-state index contributed by atoms with van der Waals surface area (Å²) in [6.45, 7) is 0. The standard InChI is InChI=1S/C13H10BrN5S/c1-15-13-16-6-9(14)12(19-13)20-11-8-4-2-3-5-10(8)17-7-18-11/h2-7H,1H3,(H,15,16,19). The zero-order chi connectivity index (χ0) is 13.9. The Morgan fingerprint density at radius 1 is 1.10 bits per heavy atom. The van der Waals surface area contributed by atoms with E-state index in [0.717, 1.165) is 25.4 Å². The van der Waals surface area contributed by atoms with Gasteiger partial charge in [-0.05, 0) is 33.8 Å². The van der Waals surface area contributed by atoms with Crippen LogP contribution in [0.4, 0.5) is 5.95 Å². The van der Waals surface area contributed by atoms with Crippen molar-refractivity contribution in [1.82, 2.24) is 19.9 Å². The van der Waals surface area contributed by atoms with Crippen molar-refractivity contribution >= 4 is 44.5 Å². The summed E-state index contributed by atoms with van der Waals surface area (Å²) < 4.78 is 0.837. The highest BCUT2D eigenvalue weighted by Gasteiger charge is 2.10. The van der Waals surface area contributed by atoms with E-state index in [0.29, 0.717) is 5.95 Å². The minimum Gasteiger partial charge on any atom is -0.357 e. The molecule has 0 bridgehead atoms. The number of hydrogen-bond acceptors (Lipinski definition) is 6. The molecule has 0 aliphatic rings. The number of aromatic nitrogens is 4. The number of nitrogens with zero attached hydrogens (tertiary/aromatic N) is 4. The molecular weight excluding hydrogens is 338 g/mol. The average Bonchev–Trinajstić information content (AvgIpc) is 2.50. The Hall–Kier alpha value is -1.73. The molecule has 0 aliphatic heterocycles. The Morgan fingerprint density at radius 3 is 2.80 bits per heavy atom. The first-order valence-electron chi connectivity index (χ1n) is 5.86. The molecule has 100 valence electrons. The van der Waals surface area contributed by atoms with Crippen LogP contribution in [-0.4, -0.2) is 27.0 Å². The van der Waals surface area contributed by atoms with Gasteiger partial charge in [0.05, 0.1) is 9.99 Å². The Bertz CT molecular complexity index is 759. The lowest BCUT2D eigenvalue weighted by molar-refractivity contribution is 1.02. The second-order valence-corrected chi connectivity index (χ2v) is 5.73. The van der Waals surface area contributed by atoms with Crippen molar-refractivity contribution in [2.45, 2.75) is 10.1 Å². The van der Waals surface area contributed by atoms with Gasteiger partial charge in [-0.25, -0.2) is 19.9 Å². The van der Waals surface area contributed by atoms with Gasteiger partial charge in [-0.2, -0.15) is 0 Å². The summed E-state index contributed by atoms with van der Waals surface area (Å²) in [6, 6.07) is 7.91. The molecule has 2 aromatic heterocycles. The maximum atomic E-state index is 4.43. The van der Waals surface area contributed by atoms with Gasteiger partial charge in [-0.3, -0.25) is 0 Å². The van der Waals surface area contributed by atoms with Crippen molar-refractivity contribution in [3.63, 3.8) is 0 Å². The van der Waals surface area contributed by atoms with Crippen LogP contribution in [0.3, 0.4) is 0 Å². The maximum Gasteiger partial charge on any atom is 0.223 e. The van der Waals surface area contributed by atoms with Crippen LogP contribution in [0.5, 0.6) is 0 Å². The van der Waals surface area contributed by atoms with Crippen molar-refractivity contribution < 1.29 is 0 Å². The molecule has 0 saturated heterocycles. The molecule has 7 heteroatoms. The van der Waals surface area contributed by atoms with Crippen LogP contribution >= 0.6 is 27.7 Å².